The topological polar surface area (TPSA) is 56.2 Å². The zero-order chi connectivity index (χ0) is 21.8. The first-order valence-electron chi connectivity index (χ1n) is 9.51. The molecule has 2 aromatic carbocycles. The van der Waals surface area contributed by atoms with Crippen LogP contribution in [0.15, 0.2) is 42.5 Å². The Balaban J connectivity index is 2.00. The number of halogens is 3. The maximum Gasteiger partial charge on any atom is 0.226 e. The second-order valence-electron chi connectivity index (χ2n) is 7.16. The molecule has 0 radical (unpaired) electrons. The highest BCUT2D eigenvalue weighted by Gasteiger charge is 2.21. The number of nitrogens with one attached hydrogen (secondary N) is 1. The number of nitrogens with zero attached hydrogens (tertiary/aromatic N) is 2. The smallest absolute Gasteiger partial charge is 0.226 e. The molecule has 0 aliphatic heterocycles. The third-order valence-corrected chi connectivity index (χ3v) is 4.36. The fraction of sp³-hybridized carbons (Fsp3) is 0.273. The predicted molar refractivity (Wildman–Crippen MR) is 106 cm³/mol. The molecular formula is C22H22F3N3O2. The van der Waals surface area contributed by atoms with E-state index in [0.717, 1.165) is 12.1 Å². The van der Waals surface area contributed by atoms with Gasteiger partial charge in [0.25, 0.3) is 0 Å². The van der Waals surface area contributed by atoms with Gasteiger partial charge in [0.1, 0.15) is 11.6 Å². The van der Waals surface area contributed by atoms with Crippen molar-refractivity contribution in [1.29, 1.82) is 0 Å². The normalized spacial score (nSPS) is 11.0. The highest BCUT2D eigenvalue weighted by molar-refractivity contribution is 5.76. The monoisotopic (exact) mass is 417 g/mol. The van der Waals surface area contributed by atoms with E-state index in [2.05, 4.69) is 10.4 Å². The van der Waals surface area contributed by atoms with Gasteiger partial charge in [0.05, 0.1) is 11.4 Å². The molecule has 1 heterocycles. The van der Waals surface area contributed by atoms with E-state index in [-0.39, 0.29) is 30.0 Å². The van der Waals surface area contributed by atoms with E-state index in [0.29, 0.717) is 23.4 Å². The minimum Gasteiger partial charge on any atom is -0.436 e. The molecule has 3 aromatic rings. The van der Waals surface area contributed by atoms with Gasteiger partial charge in [0.15, 0.2) is 11.6 Å². The fourth-order valence-electron chi connectivity index (χ4n) is 2.98. The van der Waals surface area contributed by atoms with E-state index < -0.39 is 17.5 Å². The molecule has 30 heavy (non-hydrogen) atoms. The van der Waals surface area contributed by atoms with Gasteiger partial charge < -0.3 is 10.1 Å². The van der Waals surface area contributed by atoms with Crippen LogP contribution in [0.1, 0.15) is 31.5 Å². The molecule has 0 saturated heterocycles. The largest absolute Gasteiger partial charge is 0.436 e. The Kier molecular flexibility index (Phi) is 6.44. The number of benzene rings is 2. The summed E-state index contributed by atoms with van der Waals surface area (Å²) in [6.45, 7) is 5.46. The average Bonchev–Trinajstić information content (AvgIpc) is 2.97. The highest BCUT2D eigenvalue weighted by atomic mass is 19.1. The summed E-state index contributed by atoms with van der Waals surface area (Å²) in [5.74, 6) is -2.16. The number of amides is 1. The van der Waals surface area contributed by atoms with Crippen LogP contribution < -0.4 is 10.1 Å². The predicted octanol–water partition coefficient (Wildman–Crippen LogP) is 4.85. The molecule has 0 unspecified atom stereocenters. The molecule has 0 aliphatic rings. The molecule has 5 nitrogen and oxygen atoms in total. The SMILES string of the molecule is Cc1nn(-c2ccc(F)cc2)c(Oc2ccc(F)cc2F)c1CCC(=O)NC(C)C. The number of ether oxygens (including phenoxy) is 1. The summed E-state index contributed by atoms with van der Waals surface area (Å²) in [7, 11) is 0. The lowest BCUT2D eigenvalue weighted by molar-refractivity contribution is -0.121. The molecular weight excluding hydrogens is 395 g/mol. The van der Waals surface area contributed by atoms with E-state index >= 15 is 0 Å². The number of hydrogen-bond acceptors (Lipinski definition) is 3. The van der Waals surface area contributed by atoms with Gasteiger partial charge in [-0.2, -0.15) is 5.10 Å². The molecule has 3 rings (SSSR count). The summed E-state index contributed by atoms with van der Waals surface area (Å²) in [6, 6.07) is 8.53. The van der Waals surface area contributed by atoms with Crippen LogP contribution in [0.5, 0.6) is 11.6 Å². The van der Waals surface area contributed by atoms with Crippen LogP contribution in [-0.4, -0.2) is 21.7 Å². The van der Waals surface area contributed by atoms with Crippen molar-refractivity contribution in [1.82, 2.24) is 15.1 Å². The van der Waals surface area contributed by atoms with Crippen molar-refractivity contribution < 1.29 is 22.7 Å². The van der Waals surface area contributed by atoms with Crippen LogP contribution in [0.2, 0.25) is 0 Å². The van der Waals surface area contributed by atoms with Crippen molar-refractivity contribution in [2.24, 2.45) is 0 Å². The Bertz CT molecular complexity index is 1050. The Hall–Kier alpha value is -3.29. The van der Waals surface area contributed by atoms with Crippen LogP contribution in [0.4, 0.5) is 13.2 Å². The number of hydrogen-bond donors (Lipinski definition) is 1. The molecule has 1 N–H and O–H groups in total. The summed E-state index contributed by atoms with van der Waals surface area (Å²) in [5.41, 5.74) is 1.67. The van der Waals surface area contributed by atoms with Gasteiger partial charge >= 0.3 is 0 Å². The number of aryl methyl sites for hydroxylation is 1. The quantitative estimate of drug-likeness (QED) is 0.598. The van der Waals surface area contributed by atoms with Gasteiger partial charge in [0, 0.05) is 24.1 Å². The Morgan fingerprint density at radius 1 is 1.10 bits per heavy atom. The molecule has 0 saturated carbocycles. The number of carbonyl (C=O) groups excluding carboxylic acids is 1. The zero-order valence-corrected chi connectivity index (χ0v) is 16.9. The summed E-state index contributed by atoms with van der Waals surface area (Å²) < 4.78 is 48.0. The molecule has 0 fully saturated rings. The third-order valence-electron chi connectivity index (χ3n) is 4.36. The first-order chi connectivity index (χ1) is 14.2. The minimum absolute atomic E-state index is 0.00423. The van der Waals surface area contributed by atoms with Crippen LogP contribution >= 0.6 is 0 Å². The van der Waals surface area contributed by atoms with Crippen molar-refractivity contribution >= 4 is 5.91 Å². The maximum absolute atomic E-state index is 14.2. The summed E-state index contributed by atoms with van der Waals surface area (Å²) in [4.78, 5) is 12.1. The Labute approximate surface area is 172 Å². The summed E-state index contributed by atoms with van der Waals surface area (Å²) in [5, 5.41) is 7.25. The summed E-state index contributed by atoms with van der Waals surface area (Å²) >= 11 is 0. The van der Waals surface area contributed by atoms with Crippen molar-refractivity contribution in [3.63, 3.8) is 0 Å². The van der Waals surface area contributed by atoms with Gasteiger partial charge in [0.2, 0.25) is 11.8 Å². The Morgan fingerprint density at radius 3 is 2.40 bits per heavy atom. The molecule has 8 heteroatoms. The maximum atomic E-state index is 14.2. The Morgan fingerprint density at radius 2 is 1.77 bits per heavy atom. The number of aromatic nitrogens is 2. The number of rotatable bonds is 7. The molecule has 0 spiro atoms. The average molecular weight is 417 g/mol. The third kappa shape index (κ3) is 5.00. The van der Waals surface area contributed by atoms with Crippen molar-refractivity contribution in [2.75, 3.05) is 0 Å². The van der Waals surface area contributed by atoms with Crippen LogP contribution in [0.3, 0.4) is 0 Å². The van der Waals surface area contributed by atoms with Gasteiger partial charge in [-0.15, -0.1) is 0 Å². The standard InChI is InChI=1S/C22H22F3N3O2/c1-13(2)26-21(29)11-9-18-14(3)27-28(17-7-4-15(23)5-8-17)22(18)30-20-10-6-16(24)12-19(20)25/h4-8,10,12-13H,9,11H2,1-3H3,(H,26,29). The van der Waals surface area contributed by atoms with Gasteiger partial charge in [-0.1, -0.05) is 0 Å². The van der Waals surface area contributed by atoms with Crippen LogP contribution in [-0.2, 0) is 11.2 Å². The summed E-state index contributed by atoms with van der Waals surface area (Å²) in [6.07, 6.45) is 0.472. The lowest BCUT2D eigenvalue weighted by atomic mass is 10.1. The van der Waals surface area contributed by atoms with E-state index in [4.69, 9.17) is 4.74 Å². The number of carbonyl (C=O) groups is 1. The van der Waals surface area contributed by atoms with Gasteiger partial charge in [-0.3, -0.25) is 4.79 Å². The van der Waals surface area contributed by atoms with Crippen molar-refractivity contribution in [2.45, 2.75) is 39.7 Å². The second-order valence-corrected chi connectivity index (χ2v) is 7.16. The zero-order valence-electron chi connectivity index (χ0n) is 16.9. The molecule has 1 aromatic heterocycles. The van der Waals surface area contributed by atoms with Gasteiger partial charge in [-0.05, 0) is 63.6 Å². The van der Waals surface area contributed by atoms with Gasteiger partial charge in [-0.25, -0.2) is 17.9 Å². The molecule has 158 valence electrons. The molecule has 1 amide bonds. The fourth-order valence-corrected chi connectivity index (χ4v) is 2.98. The van der Waals surface area contributed by atoms with Crippen molar-refractivity contribution in [3.8, 4) is 17.3 Å². The second kappa shape index (κ2) is 9.02. The van der Waals surface area contributed by atoms with Crippen LogP contribution in [0.25, 0.3) is 5.69 Å². The van der Waals surface area contributed by atoms with E-state index in [1.807, 2.05) is 13.8 Å². The van der Waals surface area contributed by atoms with E-state index in [1.165, 1.54) is 35.0 Å². The highest BCUT2D eigenvalue weighted by Crippen LogP contribution is 2.33. The molecule has 0 aliphatic carbocycles. The lowest BCUT2D eigenvalue weighted by Gasteiger charge is -2.13. The minimum atomic E-state index is -0.872. The first-order valence-corrected chi connectivity index (χ1v) is 9.51. The first kappa shape index (κ1) is 21.4. The molecule has 0 atom stereocenters. The lowest BCUT2D eigenvalue weighted by Crippen LogP contribution is -2.30. The van der Waals surface area contributed by atoms with Crippen molar-refractivity contribution in [3.05, 3.63) is 71.2 Å². The van der Waals surface area contributed by atoms with Crippen LogP contribution in [0, 0.1) is 24.4 Å². The van der Waals surface area contributed by atoms with E-state index in [1.54, 1.807) is 6.92 Å². The van der Waals surface area contributed by atoms with E-state index in [9.17, 15) is 18.0 Å². The molecule has 0 bridgehead atoms.